The van der Waals surface area contributed by atoms with Crippen molar-refractivity contribution < 1.29 is 4.74 Å². The van der Waals surface area contributed by atoms with Crippen LogP contribution in [0.5, 0.6) is 0 Å². The van der Waals surface area contributed by atoms with Crippen LogP contribution in [0.4, 0.5) is 5.82 Å². The number of hydrogen-bond donors (Lipinski definition) is 3. The number of aromatic nitrogens is 1. The SMILES string of the molecule is CCC(C)(OC)C(NN)c1c(C)ccnc1N. The van der Waals surface area contributed by atoms with Crippen LogP contribution in [0, 0.1) is 6.92 Å². The fourth-order valence-electron chi connectivity index (χ4n) is 2.00. The van der Waals surface area contributed by atoms with E-state index in [1.165, 1.54) is 0 Å². The van der Waals surface area contributed by atoms with Crippen LogP contribution in [-0.2, 0) is 4.74 Å². The van der Waals surface area contributed by atoms with Crippen molar-refractivity contribution in [3.05, 3.63) is 23.4 Å². The number of rotatable bonds is 5. The van der Waals surface area contributed by atoms with Gasteiger partial charge in [-0.1, -0.05) is 6.92 Å². The molecule has 0 bridgehead atoms. The fourth-order valence-corrected chi connectivity index (χ4v) is 2.00. The number of nitrogens with one attached hydrogen (secondary N) is 1. The quantitative estimate of drug-likeness (QED) is 0.531. The summed E-state index contributed by atoms with van der Waals surface area (Å²) in [6.07, 6.45) is 2.50. The van der Waals surface area contributed by atoms with Crippen LogP contribution < -0.4 is 17.0 Å². The summed E-state index contributed by atoms with van der Waals surface area (Å²) in [5.74, 6) is 6.16. The molecule has 96 valence electrons. The van der Waals surface area contributed by atoms with Gasteiger partial charge in [0.15, 0.2) is 0 Å². The summed E-state index contributed by atoms with van der Waals surface area (Å²) in [4.78, 5) is 4.12. The van der Waals surface area contributed by atoms with Gasteiger partial charge in [-0.05, 0) is 31.9 Å². The van der Waals surface area contributed by atoms with E-state index < -0.39 is 5.60 Å². The van der Waals surface area contributed by atoms with E-state index in [2.05, 4.69) is 17.3 Å². The number of nitrogens with zero attached hydrogens (tertiary/aromatic N) is 1. The first-order chi connectivity index (χ1) is 8.00. The van der Waals surface area contributed by atoms with Gasteiger partial charge < -0.3 is 10.5 Å². The zero-order chi connectivity index (χ0) is 13.1. The number of aryl methyl sites for hydroxylation is 1. The number of anilines is 1. The molecule has 17 heavy (non-hydrogen) atoms. The average Bonchev–Trinajstić information content (AvgIpc) is 2.33. The Labute approximate surface area is 103 Å². The zero-order valence-electron chi connectivity index (χ0n) is 10.9. The Hall–Kier alpha value is -1.17. The van der Waals surface area contributed by atoms with E-state index in [0.717, 1.165) is 17.5 Å². The zero-order valence-corrected chi connectivity index (χ0v) is 10.9. The second-order valence-electron chi connectivity index (χ2n) is 4.40. The van der Waals surface area contributed by atoms with E-state index in [1.54, 1.807) is 13.3 Å². The molecular formula is C12H22N4O. The number of hydrazine groups is 1. The minimum Gasteiger partial charge on any atom is -0.383 e. The Morgan fingerprint density at radius 1 is 1.59 bits per heavy atom. The molecule has 0 fully saturated rings. The molecule has 2 atom stereocenters. The van der Waals surface area contributed by atoms with Gasteiger partial charge in [-0.15, -0.1) is 0 Å². The van der Waals surface area contributed by atoms with E-state index >= 15 is 0 Å². The first kappa shape index (κ1) is 13.9. The number of nitrogens with two attached hydrogens (primary N) is 2. The van der Waals surface area contributed by atoms with Crippen molar-refractivity contribution in [3.8, 4) is 0 Å². The molecule has 5 N–H and O–H groups in total. The monoisotopic (exact) mass is 238 g/mol. The lowest BCUT2D eigenvalue weighted by molar-refractivity contribution is -0.0300. The minimum absolute atomic E-state index is 0.189. The Bertz CT molecular complexity index is 357. The minimum atomic E-state index is -0.420. The van der Waals surface area contributed by atoms with Crippen molar-refractivity contribution in [1.29, 1.82) is 0 Å². The van der Waals surface area contributed by atoms with Crippen molar-refractivity contribution >= 4 is 5.82 Å². The fraction of sp³-hybridized carbons (Fsp3) is 0.583. The molecule has 1 rings (SSSR count). The van der Waals surface area contributed by atoms with Crippen LogP contribution in [0.15, 0.2) is 12.3 Å². The lowest BCUT2D eigenvalue weighted by Crippen LogP contribution is -2.46. The number of ether oxygens (including phenoxy) is 1. The van der Waals surface area contributed by atoms with Crippen LogP contribution >= 0.6 is 0 Å². The van der Waals surface area contributed by atoms with Gasteiger partial charge >= 0.3 is 0 Å². The molecule has 2 unspecified atom stereocenters. The van der Waals surface area contributed by atoms with Gasteiger partial charge in [0.1, 0.15) is 5.82 Å². The second kappa shape index (κ2) is 5.44. The highest BCUT2D eigenvalue weighted by atomic mass is 16.5. The van der Waals surface area contributed by atoms with Crippen LogP contribution in [0.25, 0.3) is 0 Å². The lowest BCUT2D eigenvalue weighted by Gasteiger charge is -2.36. The van der Waals surface area contributed by atoms with Crippen LogP contribution in [-0.4, -0.2) is 17.7 Å². The Kier molecular flexibility index (Phi) is 4.45. The molecule has 0 aromatic carbocycles. The summed E-state index contributed by atoms with van der Waals surface area (Å²) in [7, 11) is 1.68. The molecule has 0 aliphatic heterocycles. The lowest BCUT2D eigenvalue weighted by atomic mass is 9.86. The highest BCUT2D eigenvalue weighted by molar-refractivity contribution is 5.47. The van der Waals surface area contributed by atoms with Crippen molar-refractivity contribution in [2.24, 2.45) is 5.84 Å². The number of pyridine rings is 1. The summed E-state index contributed by atoms with van der Waals surface area (Å²) in [5, 5.41) is 0. The van der Waals surface area contributed by atoms with Crippen LogP contribution in [0.2, 0.25) is 0 Å². The van der Waals surface area contributed by atoms with Crippen molar-refractivity contribution in [2.75, 3.05) is 12.8 Å². The highest BCUT2D eigenvalue weighted by Crippen LogP contribution is 2.34. The molecular weight excluding hydrogens is 216 g/mol. The third kappa shape index (κ3) is 2.57. The molecule has 0 radical (unpaired) electrons. The predicted molar refractivity (Wildman–Crippen MR) is 69.2 cm³/mol. The number of methoxy groups -OCH3 is 1. The van der Waals surface area contributed by atoms with Gasteiger partial charge in [-0.25, -0.2) is 10.4 Å². The summed E-state index contributed by atoms with van der Waals surface area (Å²) >= 11 is 0. The molecule has 0 amide bonds. The van der Waals surface area contributed by atoms with Gasteiger partial charge in [0.05, 0.1) is 11.6 Å². The smallest absolute Gasteiger partial charge is 0.128 e. The number of nitrogen functional groups attached to an aromatic ring is 1. The largest absolute Gasteiger partial charge is 0.383 e. The van der Waals surface area contributed by atoms with Crippen molar-refractivity contribution in [1.82, 2.24) is 10.4 Å². The third-order valence-electron chi connectivity index (χ3n) is 3.47. The summed E-state index contributed by atoms with van der Waals surface area (Å²) < 4.78 is 5.58. The van der Waals surface area contributed by atoms with Crippen molar-refractivity contribution in [3.63, 3.8) is 0 Å². The standard InChI is InChI=1S/C12H22N4O/c1-5-12(3,17-4)10(16-14)9-8(2)6-7-15-11(9)13/h6-7,10,16H,5,14H2,1-4H3,(H2,13,15). The summed E-state index contributed by atoms with van der Waals surface area (Å²) in [6.45, 7) is 6.04. The van der Waals surface area contributed by atoms with Crippen molar-refractivity contribution in [2.45, 2.75) is 38.8 Å². The molecule has 1 aromatic rings. The van der Waals surface area contributed by atoms with Gasteiger partial charge in [0.2, 0.25) is 0 Å². The first-order valence-corrected chi connectivity index (χ1v) is 5.72. The topological polar surface area (TPSA) is 86.2 Å². The molecule has 0 aliphatic carbocycles. The van der Waals surface area contributed by atoms with E-state index in [4.69, 9.17) is 16.3 Å². The van der Waals surface area contributed by atoms with Crippen LogP contribution in [0.3, 0.4) is 0 Å². The Morgan fingerprint density at radius 2 is 2.24 bits per heavy atom. The Morgan fingerprint density at radius 3 is 2.65 bits per heavy atom. The molecule has 5 heteroatoms. The molecule has 1 heterocycles. The Balaban J connectivity index is 3.27. The molecule has 0 saturated carbocycles. The molecule has 5 nitrogen and oxygen atoms in total. The highest BCUT2D eigenvalue weighted by Gasteiger charge is 2.35. The summed E-state index contributed by atoms with van der Waals surface area (Å²) in [6, 6.07) is 1.73. The second-order valence-corrected chi connectivity index (χ2v) is 4.40. The van der Waals surface area contributed by atoms with Crippen LogP contribution in [0.1, 0.15) is 37.4 Å². The number of hydrogen-bond acceptors (Lipinski definition) is 5. The maximum absolute atomic E-state index is 5.94. The van der Waals surface area contributed by atoms with Gasteiger partial charge in [-0.2, -0.15) is 0 Å². The van der Waals surface area contributed by atoms with Gasteiger partial charge in [0, 0.05) is 18.9 Å². The van der Waals surface area contributed by atoms with E-state index in [-0.39, 0.29) is 6.04 Å². The molecule has 1 aromatic heterocycles. The maximum atomic E-state index is 5.94. The molecule has 0 saturated heterocycles. The van der Waals surface area contributed by atoms with E-state index in [1.807, 2.05) is 19.9 Å². The normalized spacial score (nSPS) is 16.5. The molecule has 0 aliphatic rings. The van der Waals surface area contributed by atoms with E-state index in [9.17, 15) is 0 Å². The third-order valence-corrected chi connectivity index (χ3v) is 3.47. The van der Waals surface area contributed by atoms with Gasteiger partial charge in [-0.3, -0.25) is 5.84 Å². The summed E-state index contributed by atoms with van der Waals surface area (Å²) in [5.41, 5.74) is 10.3. The predicted octanol–water partition coefficient (Wildman–Crippen LogP) is 1.29. The van der Waals surface area contributed by atoms with E-state index in [0.29, 0.717) is 5.82 Å². The molecule has 0 spiro atoms. The van der Waals surface area contributed by atoms with Gasteiger partial charge in [0.25, 0.3) is 0 Å². The first-order valence-electron chi connectivity index (χ1n) is 5.72. The maximum Gasteiger partial charge on any atom is 0.128 e. The average molecular weight is 238 g/mol.